The number of hydrogen-bond acceptors (Lipinski definition) is 5. The molecule has 0 spiro atoms. The van der Waals surface area contributed by atoms with Crippen LogP contribution in [0.15, 0.2) is 42.6 Å². The third-order valence-electron chi connectivity index (χ3n) is 4.48. The monoisotopic (exact) mass is 466 g/mol. The van der Waals surface area contributed by atoms with Crippen LogP contribution in [0.4, 0.5) is 4.39 Å². The van der Waals surface area contributed by atoms with Crippen LogP contribution in [-0.2, 0) is 17.7 Å². The summed E-state index contributed by atoms with van der Waals surface area (Å²) in [5.74, 6) is -0.581. The van der Waals surface area contributed by atoms with E-state index in [4.69, 9.17) is 26.0 Å². The second kappa shape index (κ2) is 10.7. The van der Waals surface area contributed by atoms with Crippen LogP contribution < -0.4 is 9.46 Å². The van der Waals surface area contributed by atoms with Gasteiger partial charge in [-0.15, -0.1) is 0 Å². The zero-order valence-electron chi connectivity index (χ0n) is 16.3. The van der Waals surface area contributed by atoms with Crippen molar-refractivity contribution < 1.29 is 27.8 Å². The van der Waals surface area contributed by atoms with Gasteiger partial charge in [0.1, 0.15) is 18.2 Å². The van der Waals surface area contributed by atoms with Crippen molar-refractivity contribution in [2.75, 3.05) is 19.8 Å². The van der Waals surface area contributed by atoms with E-state index in [0.29, 0.717) is 40.6 Å². The van der Waals surface area contributed by atoms with Gasteiger partial charge in [-0.1, -0.05) is 11.6 Å². The van der Waals surface area contributed by atoms with Crippen molar-refractivity contribution in [3.63, 3.8) is 0 Å². The highest BCUT2D eigenvalue weighted by atomic mass is 35.5. The lowest BCUT2D eigenvalue weighted by molar-refractivity contribution is 0.103. The number of carbonyl (C=O) groups is 1. The molecule has 0 saturated carbocycles. The number of hydrogen-bond donors (Lipinski definition) is 3. The minimum Gasteiger partial charge on any atom is -0.490 e. The minimum absolute atomic E-state index is 0.0374. The summed E-state index contributed by atoms with van der Waals surface area (Å²) in [6.07, 6.45) is 2.28. The molecule has 1 aromatic heterocycles. The average Bonchev–Trinajstić information content (AvgIpc) is 2.76. The number of ether oxygens (including phenoxy) is 1. The zero-order valence-corrected chi connectivity index (χ0v) is 17.9. The second-order valence-electron chi connectivity index (χ2n) is 6.65. The SMILES string of the molecule is O=C(c1ccc2ncc(OCCO)cc2c1)c1cc(F)cc(CCCNS(=O)O)c1Cl. The summed E-state index contributed by atoms with van der Waals surface area (Å²) in [6.45, 7) is 0.222. The molecule has 31 heavy (non-hydrogen) atoms. The number of carbonyl (C=O) groups excluding carboxylic acids is 1. The molecule has 0 aliphatic heterocycles. The highest BCUT2D eigenvalue weighted by Gasteiger charge is 2.18. The fourth-order valence-electron chi connectivity index (χ4n) is 3.08. The summed E-state index contributed by atoms with van der Waals surface area (Å²) in [6, 6.07) is 8.94. The van der Waals surface area contributed by atoms with Gasteiger partial charge in [0.2, 0.25) is 11.3 Å². The van der Waals surface area contributed by atoms with Gasteiger partial charge in [0.05, 0.1) is 23.3 Å². The first-order valence-electron chi connectivity index (χ1n) is 9.39. The molecule has 1 unspecified atom stereocenters. The highest BCUT2D eigenvalue weighted by Crippen LogP contribution is 2.28. The molecular formula is C21H20ClFN2O5S. The normalized spacial score (nSPS) is 12.1. The lowest BCUT2D eigenvalue weighted by atomic mass is 9.98. The van der Waals surface area contributed by atoms with Crippen molar-refractivity contribution in [1.82, 2.24) is 9.71 Å². The molecule has 1 heterocycles. The Morgan fingerprint density at radius 2 is 2.06 bits per heavy atom. The number of nitrogens with one attached hydrogen (secondary N) is 1. The third-order valence-corrected chi connectivity index (χ3v) is 5.38. The average molecular weight is 467 g/mol. The molecule has 7 nitrogen and oxygen atoms in total. The Balaban J connectivity index is 1.87. The molecule has 0 aliphatic rings. The number of halogens is 2. The standard InChI is InChI=1S/C21H20ClFN2O5S/c22-20-13(2-1-5-25-31(28)29)9-16(23)11-18(20)21(27)14-3-4-19-15(8-14)10-17(12-24-19)30-7-6-26/h3-4,8-12,25-26H,1-2,5-7H2,(H,28,29). The molecule has 0 saturated heterocycles. The molecule has 2 aromatic carbocycles. The molecule has 0 bridgehead atoms. The van der Waals surface area contributed by atoms with Crippen molar-refractivity contribution >= 4 is 39.6 Å². The number of ketones is 1. The highest BCUT2D eigenvalue weighted by molar-refractivity contribution is 7.77. The van der Waals surface area contributed by atoms with Gasteiger partial charge in [-0.05, 0) is 54.8 Å². The van der Waals surface area contributed by atoms with E-state index in [1.54, 1.807) is 24.3 Å². The first-order chi connectivity index (χ1) is 14.9. The summed E-state index contributed by atoms with van der Waals surface area (Å²) < 4.78 is 41.3. The quantitative estimate of drug-likeness (QED) is 0.240. The fraction of sp³-hybridized carbons (Fsp3) is 0.238. The third kappa shape index (κ3) is 6.05. The first kappa shape index (κ1) is 23.2. The van der Waals surface area contributed by atoms with Crippen molar-refractivity contribution in [3.05, 3.63) is 70.1 Å². The lowest BCUT2D eigenvalue weighted by Gasteiger charge is -2.11. The van der Waals surface area contributed by atoms with E-state index in [2.05, 4.69) is 9.71 Å². The van der Waals surface area contributed by atoms with Gasteiger partial charge in [-0.3, -0.25) is 14.3 Å². The molecule has 3 aromatic rings. The van der Waals surface area contributed by atoms with Crippen molar-refractivity contribution in [2.24, 2.45) is 0 Å². The largest absolute Gasteiger partial charge is 0.490 e. The van der Waals surface area contributed by atoms with Gasteiger partial charge < -0.3 is 9.84 Å². The number of fused-ring (bicyclic) bond motifs is 1. The number of pyridine rings is 1. The van der Waals surface area contributed by atoms with E-state index in [1.807, 2.05) is 0 Å². The number of aromatic nitrogens is 1. The smallest absolute Gasteiger partial charge is 0.231 e. The summed E-state index contributed by atoms with van der Waals surface area (Å²) in [5, 5.41) is 9.68. The number of benzene rings is 2. The van der Waals surface area contributed by atoms with Gasteiger partial charge in [-0.25, -0.2) is 13.3 Å². The van der Waals surface area contributed by atoms with Crippen LogP contribution in [0, 0.1) is 5.82 Å². The van der Waals surface area contributed by atoms with Gasteiger partial charge >= 0.3 is 0 Å². The Labute approximate surface area is 185 Å². The Kier molecular flexibility index (Phi) is 8.05. The summed E-state index contributed by atoms with van der Waals surface area (Å²) in [7, 11) is 0. The predicted molar refractivity (Wildman–Crippen MR) is 116 cm³/mol. The topological polar surface area (TPSA) is 109 Å². The van der Waals surface area contributed by atoms with Gasteiger partial charge in [0.15, 0.2) is 5.78 Å². The number of aliphatic hydroxyl groups is 1. The second-order valence-corrected chi connectivity index (χ2v) is 7.82. The van der Waals surface area contributed by atoms with Crippen LogP contribution in [0.25, 0.3) is 10.9 Å². The summed E-state index contributed by atoms with van der Waals surface area (Å²) in [4.78, 5) is 17.3. The Morgan fingerprint density at radius 1 is 1.26 bits per heavy atom. The summed E-state index contributed by atoms with van der Waals surface area (Å²) in [5.41, 5.74) is 1.44. The van der Waals surface area contributed by atoms with Crippen molar-refractivity contribution in [1.29, 1.82) is 0 Å². The van der Waals surface area contributed by atoms with Crippen LogP contribution in [0.1, 0.15) is 27.9 Å². The molecule has 0 radical (unpaired) electrons. The van der Waals surface area contributed by atoms with Crippen molar-refractivity contribution in [2.45, 2.75) is 12.8 Å². The molecule has 3 N–H and O–H groups in total. The maximum atomic E-state index is 14.2. The number of nitrogens with zero attached hydrogens (tertiary/aromatic N) is 1. The van der Waals surface area contributed by atoms with Crippen LogP contribution in [0.5, 0.6) is 5.75 Å². The van der Waals surface area contributed by atoms with Gasteiger partial charge in [-0.2, -0.15) is 0 Å². The van der Waals surface area contributed by atoms with Crippen LogP contribution in [-0.4, -0.2) is 44.4 Å². The van der Waals surface area contributed by atoms with E-state index in [9.17, 15) is 13.4 Å². The van der Waals surface area contributed by atoms with Crippen LogP contribution >= 0.6 is 11.6 Å². The van der Waals surface area contributed by atoms with E-state index < -0.39 is 22.9 Å². The number of aliphatic hydroxyl groups excluding tert-OH is 1. The lowest BCUT2D eigenvalue weighted by Crippen LogP contribution is -2.18. The molecule has 0 aliphatic carbocycles. The number of rotatable bonds is 10. The first-order valence-corrected chi connectivity index (χ1v) is 10.9. The zero-order chi connectivity index (χ0) is 22.4. The van der Waals surface area contributed by atoms with Crippen molar-refractivity contribution in [3.8, 4) is 5.75 Å². The Bertz CT molecular complexity index is 1130. The Hall–Kier alpha value is -2.43. The fourth-order valence-corrected chi connectivity index (χ4v) is 3.69. The Morgan fingerprint density at radius 3 is 2.81 bits per heavy atom. The van der Waals surface area contributed by atoms with Gasteiger partial charge in [0, 0.05) is 23.1 Å². The van der Waals surface area contributed by atoms with E-state index in [0.717, 1.165) is 6.07 Å². The van der Waals surface area contributed by atoms with Crippen LogP contribution in [0.3, 0.4) is 0 Å². The molecule has 3 rings (SSSR count). The maximum absolute atomic E-state index is 14.2. The van der Waals surface area contributed by atoms with Crippen LogP contribution in [0.2, 0.25) is 5.02 Å². The molecule has 164 valence electrons. The maximum Gasteiger partial charge on any atom is 0.231 e. The van der Waals surface area contributed by atoms with E-state index >= 15 is 0 Å². The molecule has 10 heteroatoms. The minimum atomic E-state index is -2.12. The number of aryl methyl sites for hydroxylation is 1. The molecular weight excluding hydrogens is 447 g/mol. The van der Waals surface area contributed by atoms with E-state index in [-0.39, 0.29) is 30.3 Å². The predicted octanol–water partition coefficient (Wildman–Crippen LogP) is 3.29. The summed E-state index contributed by atoms with van der Waals surface area (Å²) >= 11 is 4.27. The molecule has 0 amide bonds. The molecule has 0 fully saturated rings. The van der Waals surface area contributed by atoms with Gasteiger partial charge in [0.25, 0.3) is 0 Å². The van der Waals surface area contributed by atoms with E-state index in [1.165, 1.54) is 12.3 Å². The molecule has 1 atom stereocenters.